The standard InChI is InChI=1S/C24H24N6/c1-15(2)12-21-26-14-16(3)22(28-21)29-24-19-10-6-7-11-20(19)27-23(30-24)18-9-5-4-8-17(18)13-25/h4-11,15H,12,14H2,1-3H3,(H,26,28)(H,27,29,30). The summed E-state index contributed by atoms with van der Waals surface area (Å²) < 4.78 is 0. The summed E-state index contributed by atoms with van der Waals surface area (Å²) in [5.41, 5.74) is 3.21. The average molecular weight is 396 g/mol. The van der Waals surface area contributed by atoms with Gasteiger partial charge in [-0.2, -0.15) is 5.26 Å². The van der Waals surface area contributed by atoms with Crippen molar-refractivity contribution in [2.45, 2.75) is 27.2 Å². The lowest BCUT2D eigenvalue weighted by molar-refractivity contribution is 0.668. The summed E-state index contributed by atoms with van der Waals surface area (Å²) in [5, 5.41) is 17.3. The number of aromatic nitrogens is 2. The van der Waals surface area contributed by atoms with E-state index in [1.165, 1.54) is 0 Å². The fourth-order valence-corrected chi connectivity index (χ4v) is 3.41. The zero-order valence-corrected chi connectivity index (χ0v) is 17.4. The molecule has 0 radical (unpaired) electrons. The number of nitriles is 1. The van der Waals surface area contributed by atoms with Crippen LogP contribution in [0.1, 0.15) is 32.8 Å². The van der Waals surface area contributed by atoms with E-state index in [2.05, 4.69) is 42.5 Å². The van der Waals surface area contributed by atoms with Crippen molar-refractivity contribution in [2.24, 2.45) is 10.9 Å². The lowest BCUT2D eigenvalue weighted by Crippen LogP contribution is -2.33. The van der Waals surface area contributed by atoms with Crippen molar-refractivity contribution in [3.8, 4) is 17.5 Å². The molecule has 2 N–H and O–H groups in total. The van der Waals surface area contributed by atoms with Gasteiger partial charge in [-0.25, -0.2) is 9.97 Å². The Morgan fingerprint density at radius 1 is 1.10 bits per heavy atom. The van der Waals surface area contributed by atoms with Gasteiger partial charge >= 0.3 is 0 Å². The molecule has 1 aromatic heterocycles. The van der Waals surface area contributed by atoms with Gasteiger partial charge < -0.3 is 10.6 Å². The SMILES string of the molecule is CC1=C(Nc2nc(-c3ccccc3C#N)nc3ccccc23)NC(CC(C)C)=NC1. The zero-order valence-electron chi connectivity index (χ0n) is 17.4. The third-order valence-electron chi connectivity index (χ3n) is 4.94. The molecule has 0 atom stereocenters. The van der Waals surface area contributed by atoms with Crippen LogP contribution in [0.5, 0.6) is 0 Å². The predicted octanol–water partition coefficient (Wildman–Crippen LogP) is 4.86. The quantitative estimate of drug-likeness (QED) is 0.643. The van der Waals surface area contributed by atoms with E-state index in [4.69, 9.17) is 9.97 Å². The van der Waals surface area contributed by atoms with E-state index in [0.29, 0.717) is 29.7 Å². The first kappa shape index (κ1) is 19.6. The number of rotatable bonds is 5. The van der Waals surface area contributed by atoms with Crippen molar-refractivity contribution in [2.75, 3.05) is 11.9 Å². The summed E-state index contributed by atoms with van der Waals surface area (Å²) >= 11 is 0. The van der Waals surface area contributed by atoms with Crippen LogP contribution in [0.15, 0.2) is 64.9 Å². The lowest BCUT2D eigenvalue weighted by atomic mass is 10.1. The molecule has 0 fully saturated rings. The summed E-state index contributed by atoms with van der Waals surface area (Å²) in [5.74, 6) is 3.63. The molecule has 0 saturated heterocycles. The van der Waals surface area contributed by atoms with Crippen LogP contribution >= 0.6 is 0 Å². The minimum absolute atomic E-state index is 0.518. The van der Waals surface area contributed by atoms with Gasteiger partial charge in [-0.1, -0.05) is 38.1 Å². The first-order valence-corrected chi connectivity index (χ1v) is 10.1. The van der Waals surface area contributed by atoms with Gasteiger partial charge in [0.2, 0.25) is 0 Å². The maximum Gasteiger partial charge on any atom is 0.163 e. The molecule has 4 rings (SSSR count). The molecule has 30 heavy (non-hydrogen) atoms. The van der Waals surface area contributed by atoms with Crippen LogP contribution < -0.4 is 10.6 Å². The number of benzene rings is 2. The second kappa shape index (κ2) is 8.34. The molecule has 1 aliphatic heterocycles. The van der Waals surface area contributed by atoms with Gasteiger partial charge in [-0.3, -0.25) is 4.99 Å². The molecule has 1 aliphatic rings. The van der Waals surface area contributed by atoms with Crippen LogP contribution in [0.25, 0.3) is 22.3 Å². The normalized spacial score (nSPS) is 13.8. The molecule has 6 heteroatoms. The maximum absolute atomic E-state index is 9.51. The number of aliphatic imine (C=N–C) groups is 1. The molecule has 0 aliphatic carbocycles. The van der Waals surface area contributed by atoms with Gasteiger partial charge in [-0.05, 0) is 42.7 Å². The second-order valence-corrected chi connectivity index (χ2v) is 7.84. The van der Waals surface area contributed by atoms with E-state index < -0.39 is 0 Å². The summed E-state index contributed by atoms with van der Waals surface area (Å²) in [4.78, 5) is 14.2. The maximum atomic E-state index is 9.51. The Balaban J connectivity index is 1.76. The Bertz CT molecular complexity index is 1200. The molecule has 0 saturated carbocycles. The number of hydrogen-bond donors (Lipinski definition) is 2. The molecule has 0 spiro atoms. The summed E-state index contributed by atoms with van der Waals surface area (Å²) in [7, 11) is 0. The van der Waals surface area contributed by atoms with E-state index in [1.807, 2.05) is 42.5 Å². The topological polar surface area (TPSA) is 86.0 Å². The van der Waals surface area contributed by atoms with Gasteiger partial charge in [-0.15, -0.1) is 0 Å². The Morgan fingerprint density at radius 3 is 2.67 bits per heavy atom. The van der Waals surface area contributed by atoms with E-state index in [1.54, 1.807) is 6.07 Å². The highest BCUT2D eigenvalue weighted by molar-refractivity contribution is 5.92. The lowest BCUT2D eigenvalue weighted by Gasteiger charge is -2.23. The van der Waals surface area contributed by atoms with Gasteiger partial charge in [0, 0.05) is 17.4 Å². The van der Waals surface area contributed by atoms with Crippen LogP contribution in [0, 0.1) is 17.2 Å². The molecular weight excluding hydrogens is 372 g/mol. The molecule has 0 unspecified atom stereocenters. The smallest absolute Gasteiger partial charge is 0.163 e. The number of para-hydroxylation sites is 1. The number of hydrogen-bond acceptors (Lipinski definition) is 6. The fraction of sp³-hybridized carbons (Fsp3) is 0.250. The number of fused-ring (bicyclic) bond motifs is 1. The molecule has 6 nitrogen and oxygen atoms in total. The first-order valence-electron chi connectivity index (χ1n) is 10.1. The third-order valence-corrected chi connectivity index (χ3v) is 4.94. The largest absolute Gasteiger partial charge is 0.330 e. The van der Waals surface area contributed by atoms with Crippen molar-refractivity contribution < 1.29 is 0 Å². The van der Waals surface area contributed by atoms with Gasteiger partial charge in [0.05, 0.1) is 23.7 Å². The molecule has 3 aromatic rings. The minimum atomic E-state index is 0.518. The Kier molecular flexibility index (Phi) is 5.44. The molecule has 2 heterocycles. The molecular formula is C24H24N6. The second-order valence-electron chi connectivity index (χ2n) is 7.84. The van der Waals surface area contributed by atoms with Crippen molar-refractivity contribution >= 4 is 22.6 Å². The molecule has 2 aromatic carbocycles. The van der Waals surface area contributed by atoms with Crippen LogP contribution in [0.3, 0.4) is 0 Å². The summed E-state index contributed by atoms with van der Waals surface area (Å²) in [6.07, 6.45) is 0.893. The van der Waals surface area contributed by atoms with Crippen LogP contribution in [-0.4, -0.2) is 22.3 Å². The monoisotopic (exact) mass is 396 g/mol. The fourth-order valence-electron chi connectivity index (χ4n) is 3.41. The predicted molar refractivity (Wildman–Crippen MR) is 121 cm³/mol. The highest BCUT2D eigenvalue weighted by atomic mass is 15.2. The number of amidine groups is 1. The molecule has 0 amide bonds. The van der Waals surface area contributed by atoms with Crippen molar-refractivity contribution in [3.05, 3.63) is 65.5 Å². The number of nitrogens with zero attached hydrogens (tertiary/aromatic N) is 4. The Morgan fingerprint density at radius 2 is 1.87 bits per heavy atom. The van der Waals surface area contributed by atoms with Gasteiger partial charge in [0.15, 0.2) is 5.82 Å². The van der Waals surface area contributed by atoms with Crippen molar-refractivity contribution in [3.63, 3.8) is 0 Å². The van der Waals surface area contributed by atoms with Crippen LogP contribution in [0.2, 0.25) is 0 Å². The van der Waals surface area contributed by atoms with Crippen molar-refractivity contribution in [1.29, 1.82) is 5.26 Å². The minimum Gasteiger partial charge on any atom is -0.330 e. The highest BCUT2D eigenvalue weighted by Gasteiger charge is 2.17. The average Bonchev–Trinajstić information content (AvgIpc) is 2.75. The summed E-state index contributed by atoms with van der Waals surface area (Å²) in [6, 6.07) is 17.5. The van der Waals surface area contributed by atoms with E-state index >= 15 is 0 Å². The summed E-state index contributed by atoms with van der Waals surface area (Å²) in [6.45, 7) is 7.07. The Hall–Kier alpha value is -3.72. The molecule has 0 bridgehead atoms. The number of nitrogens with one attached hydrogen (secondary N) is 2. The number of anilines is 1. The molecule has 150 valence electrons. The highest BCUT2D eigenvalue weighted by Crippen LogP contribution is 2.28. The zero-order chi connectivity index (χ0) is 21.1. The van der Waals surface area contributed by atoms with Crippen LogP contribution in [0.4, 0.5) is 5.82 Å². The first-order chi connectivity index (χ1) is 14.5. The van der Waals surface area contributed by atoms with Gasteiger partial charge in [0.1, 0.15) is 17.5 Å². The van der Waals surface area contributed by atoms with E-state index in [-0.39, 0.29) is 0 Å². The van der Waals surface area contributed by atoms with Crippen molar-refractivity contribution in [1.82, 2.24) is 15.3 Å². The Labute approximate surface area is 176 Å². The van der Waals surface area contributed by atoms with E-state index in [0.717, 1.165) is 40.1 Å². The van der Waals surface area contributed by atoms with Gasteiger partial charge in [0.25, 0.3) is 0 Å². The van der Waals surface area contributed by atoms with E-state index in [9.17, 15) is 5.26 Å². The third kappa shape index (κ3) is 4.01. The van der Waals surface area contributed by atoms with Crippen LogP contribution in [-0.2, 0) is 0 Å².